The summed E-state index contributed by atoms with van der Waals surface area (Å²) >= 11 is 0. The van der Waals surface area contributed by atoms with E-state index < -0.39 is 0 Å². The Kier molecular flexibility index (Phi) is 4.54. The molecule has 1 heterocycles. The third-order valence-corrected chi connectivity index (χ3v) is 3.88. The van der Waals surface area contributed by atoms with Gasteiger partial charge in [0.15, 0.2) is 0 Å². The van der Waals surface area contributed by atoms with E-state index in [0.717, 1.165) is 24.2 Å². The van der Waals surface area contributed by atoms with Gasteiger partial charge >= 0.3 is 0 Å². The highest BCUT2D eigenvalue weighted by Crippen LogP contribution is 2.28. The fraction of sp³-hybridized carbons (Fsp3) is 0.471. The molecule has 0 radical (unpaired) electrons. The van der Waals surface area contributed by atoms with Crippen molar-refractivity contribution in [2.75, 3.05) is 6.54 Å². The van der Waals surface area contributed by atoms with Gasteiger partial charge in [0.1, 0.15) is 0 Å². The molecule has 102 valence electrons. The van der Waals surface area contributed by atoms with Crippen LogP contribution in [0.4, 0.5) is 0 Å². The van der Waals surface area contributed by atoms with Gasteiger partial charge in [-0.05, 0) is 43.5 Å². The molecule has 0 aliphatic rings. The molecule has 1 aromatic carbocycles. The molecule has 0 aliphatic carbocycles. The van der Waals surface area contributed by atoms with E-state index in [-0.39, 0.29) is 0 Å². The van der Waals surface area contributed by atoms with E-state index in [4.69, 9.17) is 0 Å². The number of nitrogens with zero attached hydrogens (tertiary/aromatic N) is 1. The maximum Gasteiger partial charge on any atom is 0.0708 e. The number of hydrogen-bond donors (Lipinski definition) is 1. The van der Waals surface area contributed by atoms with Crippen molar-refractivity contribution in [3.8, 4) is 0 Å². The van der Waals surface area contributed by atoms with Gasteiger partial charge < -0.3 is 5.32 Å². The van der Waals surface area contributed by atoms with Crippen LogP contribution in [0.25, 0.3) is 10.9 Å². The summed E-state index contributed by atoms with van der Waals surface area (Å²) in [5.41, 5.74) is 3.62. The molecular formula is C17H24N2. The monoisotopic (exact) mass is 256 g/mol. The molecule has 0 aliphatic heterocycles. The normalized spacial score (nSPS) is 14.5. The largest absolute Gasteiger partial charge is 0.314 e. The number of aromatic nitrogens is 1. The number of benzene rings is 1. The summed E-state index contributed by atoms with van der Waals surface area (Å²) in [6, 6.07) is 11.2. The Bertz CT molecular complexity index is 548. The molecule has 0 amide bonds. The number of nitrogens with one attached hydrogen (secondary N) is 1. The Hall–Kier alpha value is -1.41. The Morgan fingerprint density at radius 1 is 1.21 bits per heavy atom. The van der Waals surface area contributed by atoms with Crippen molar-refractivity contribution in [1.82, 2.24) is 10.3 Å². The number of fused-ring (bicyclic) bond motifs is 1. The van der Waals surface area contributed by atoms with Crippen molar-refractivity contribution in [1.29, 1.82) is 0 Å². The van der Waals surface area contributed by atoms with Gasteiger partial charge in [-0.15, -0.1) is 0 Å². The minimum Gasteiger partial charge on any atom is -0.314 e. The number of para-hydroxylation sites is 1. The molecular weight excluding hydrogens is 232 g/mol. The Labute approximate surface area is 116 Å². The number of aryl methyl sites for hydroxylation is 1. The molecule has 0 spiro atoms. The quantitative estimate of drug-likeness (QED) is 0.873. The summed E-state index contributed by atoms with van der Waals surface area (Å²) < 4.78 is 0. The van der Waals surface area contributed by atoms with Gasteiger partial charge in [-0.2, -0.15) is 0 Å². The summed E-state index contributed by atoms with van der Waals surface area (Å²) in [5.74, 6) is 0.497. The lowest BCUT2D eigenvalue weighted by Crippen LogP contribution is -2.33. The van der Waals surface area contributed by atoms with Gasteiger partial charge in [-0.1, -0.05) is 39.0 Å². The molecule has 1 aromatic heterocycles. The van der Waals surface area contributed by atoms with Gasteiger partial charge in [-0.25, -0.2) is 0 Å². The van der Waals surface area contributed by atoms with Crippen LogP contribution < -0.4 is 5.32 Å². The molecule has 2 heteroatoms. The third kappa shape index (κ3) is 2.95. The maximum atomic E-state index is 4.63. The zero-order valence-electron chi connectivity index (χ0n) is 12.4. The average molecular weight is 256 g/mol. The zero-order valence-corrected chi connectivity index (χ0v) is 12.4. The van der Waals surface area contributed by atoms with Crippen molar-refractivity contribution < 1.29 is 0 Å². The second kappa shape index (κ2) is 6.16. The first-order chi connectivity index (χ1) is 9.17. The number of hydrogen-bond acceptors (Lipinski definition) is 2. The van der Waals surface area contributed by atoms with Crippen LogP contribution in [0.3, 0.4) is 0 Å². The van der Waals surface area contributed by atoms with Gasteiger partial charge in [0.2, 0.25) is 0 Å². The van der Waals surface area contributed by atoms with Gasteiger partial charge in [0, 0.05) is 17.1 Å². The number of pyridine rings is 1. The molecule has 2 nitrogen and oxygen atoms in total. The van der Waals surface area contributed by atoms with E-state index in [0.29, 0.717) is 12.0 Å². The van der Waals surface area contributed by atoms with Gasteiger partial charge in [0.25, 0.3) is 0 Å². The standard InChI is InChI=1S/C17H24N2/c1-5-16(18-6-2)13(4)15-11-12(3)19-17-10-8-7-9-14(15)17/h7-11,13,16,18H,5-6H2,1-4H3. The van der Waals surface area contributed by atoms with Crippen molar-refractivity contribution in [2.45, 2.75) is 46.1 Å². The molecule has 2 unspecified atom stereocenters. The lowest BCUT2D eigenvalue weighted by Gasteiger charge is -2.25. The Morgan fingerprint density at radius 3 is 2.63 bits per heavy atom. The first kappa shape index (κ1) is 14.0. The van der Waals surface area contributed by atoms with Crippen molar-refractivity contribution in [3.63, 3.8) is 0 Å². The second-order valence-corrected chi connectivity index (χ2v) is 5.23. The van der Waals surface area contributed by atoms with Crippen LogP contribution in [0.2, 0.25) is 0 Å². The molecule has 1 N–H and O–H groups in total. The van der Waals surface area contributed by atoms with Crippen molar-refractivity contribution in [3.05, 3.63) is 41.6 Å². The van der Waals surface area contributed by atoms with Gasteiger partial charge in [-0.3, -0.25) is 4.98 Å². The van der Waals surface area contributed by atoms with Crippen LogP contribution in [0.1, 0.15) is 44.4 Å². The Morgan fingerprint density at radius 2 is 1.95 bits per heavy atom. The number of rotatable bonds is 5. The van der Waals surface area contributed by atoms with E-state index in [2.05, 4.69) is 68.3 Å². The first-order valence-electron chi connectivity index (χ1n) is 7.27. The van der Waals surface area contributed by atoms with Crippen LogP contribution >= 0.6 is 0 Å². The van der Waals surface area contributed by atoms with Crippen LogP contribution in [-0.2, 0) is 0 Å². The average Bonchev–Trinajstić information content (AvgIpc) is 2.43. The molecule has 0 bridgehead atoms. The van der Waals surface area contributed by atoms with Crippen LogP contribution in [-0.4, -0.2) is 17.6 Å². The number of likely N-dealkylation sites (N-methyl/N-ethyl adjacent to an activating group) is 1. The SMILES string of the molecule is CCNC(CC)C(C)c1cc(C)nc2ccccc12. The highest BCUT2D eigenvalue weighted by atomic mass is 14.9. The van der Waals surface area contributed by atoms with E-state index in [1.54, 1.807) is 0 Å². The first-order valence-corrected chi connectivity index (χ1v) is 7.27. The Balaban J connectivity index is 2.48. The smallest absolute Gasteiger partial charge is 0.0708 e. The molecule has 2 atom stereocenters. The minimum atomic E-state index is 0.497. The molecule has 2 aromatic rings. The summed E-state index contributed by atoms with van der Waals surface area (Å²) in [7, 11) is 0. The van der Waals surface area contributed by atoms with Crippen LogP contribution in [0.15, 0.2) is 30.3 Å². The molecule has 0 fully saturated rings. The molecule has 2 rings (SSSR count). The molecule has 0 saturated carbocycles. The summed E-state index contributed by atoms with van der Waals surface area (Å²) in [6.07, 6.45) is 1.14. The summed E-state index contributed by atoms with van der Waals surface area (Å²) in [4.78, 5) is 4.63. The fourth-order valence-electron chi connectivity index (χ4n) is 2.87. The summed E-state index contributed by atoms with van der Waals surface area (Å²) in [6.45, 7) is 9.84. The molecule has 0 saturated heterocycles. The van der Waals surface area contributed by atoms with E-state index in [1.807, 2.05) is 0 Å². The van der Waals surface area contributed by atoms with Crippen LogP contribution in [0, 0.1) is 6.92 Å². The lowest BCUT2D eigenvalue weighted by atomic mass is 9.89. The highest BCUT2D eigenvalue weighted by molar-refractivity contribution is 5.83. The lowest BCUT2D eigenvalue weighted by molar-refractivity contribution is 0.450. The zero-order chi connectivity index (χ0) is 13.8. The van der Waals surface area contributed by atoms with E-state index in [9.17, 15) is 0 Å². The highest BCUT2D eigenvalue weighted by Gasteiger charge is 2.18. The summed E-state index contributed by atoms with van der Waals surface area (Å²) in [5, 5.41) is 4.88. The van der Waals surface area contributed by atoms with Crippen molar-refractivity contribution >= 4 is 10.9 Å². The van der Waals surface area contributed by atoms with Crippen LogP contribution in [0.5, 0.6) is 0 Å². The predicted octanol–water partition coefficient (Wildman–Crippen LogP) is 4.03. The van der Waals surface area contributed by atoms with E-state index >= 15 is 0 Å². The maximum absolute atomic E-state index is 4.63. The fourth-order valence-corrected chi connectivity index (χ4v) is 2.87. The second-order valence-electron chi connectivity index (χ2n) is 5.23. The van der Waals surface area contributed by atoms with E-state index in [1.165, 1.54) is 10.9 Å². The molecule has 19 heavy (non-hydrogen) atoms. The van der Waals surface area contributed by atoms with Crippen molar-refractivity contribution in [2.24, 2.45) is 0 Å². The minimum absolute atomic E-state index is 0.497. The topological polar surface area (TPSA) is 24.9 Å². The third-order valence-electron chi connectivity index (χ3n) is 3.88. The predicted molar refractivity (Wildman–Crippen MR) is 82.7 cm³/mol. The van der Waals surface area contributed by atoms with Gasteiger partial charge in [0.05, 0.1) is 5.52 Å².